The monoisotopic (exact) mass is 584 g/mol. The second-order valence-corrected chi connectivity index (χ2v) is 13.4. The second kappa shape index (κ2) is 12.6. The zero-order valence-corrected chi connectivity index (χ0v) is 25.0. The van der Waals surface area contributed by atoms with Crippen molar-refractivity contribution in [1.29, 1.82) is 0 Å². The number of methoxy groups -OCH3 is 1. The zero-order valence-electron chi connectivity index (χ0n) is 23.3. The molecule has 1 aliphatic rings. The molecule has 2 amide bonds. The molecule has 3 aromatic rings. The van der Waals surface area contributed by atoms with E-state index in [4.69, 9.17) is 4.74 Å². The predicted molar refractivity (Wildman–Crippen MR) is 155 cm³/mol. The SMILES string of the molecule is COCc1ccc(C2(C(=O)N(CCCc3ccccc3)Cc3nc(C(=O)NS(=O)(=O)N(C)C)c(C)s3)CC2)cc1. The maximum atomic E-state index is 14.1. The van der Waals surface area contributed by atoms with Gasteiger partial charge in [0.1, 0.15) is 10.7 Å². The van der Waals surface area contributed by atoms with Gasteiger partial charge in [-0.05, 0) is 49.3 Å². The molecule has 1 heterocycles. The van der Waals surface area contributed by atoms with Crippen LogP contribution in [0.5, 0.6) is 0 Å². The molecule has 1 aromatic heterocycles. The van der Waals surface area contributed by atoms with E-state index in [1.54, 1.807) is 14.0 Å². The summed E-state index contributed by atoms with van der Waals surface area (Å²) >= 11 is 1.30. The maximum absolute atomic E-state index is 14.1. The zero-order chi connectivity index (χ0) is 28.9. The first-order valence-corrected chi connectivity index (χ1v) is 15.4. The molecule has 0 radical (unpaired) electrons. The van der Waals surface area contributed by atoms with Gasteiger partial charge in [0.2, 0.25) is 5.91 Å². The lowest BCUT2D eigenvalue weighted by Crippen LogP contribution is -2.40. The van der Waals surface area contributed by atoms with Gasteiger partial charge in [0.25, 0.3) is 5.91 Å². The first-order chi connectivity index (χ1) is 19.1. The standard InChI is InChI=1S/C29H36N4O5S2/c1-21-26(27(34)31-40(36,37)32(2)3)30-25(39-21)19-33(18-8-11-22-9-6-5-7-10-22)28(35)29(16-17-29)24-14-12-23(13-15-24)20-38-4/h5-7,9-10,12-15H,8,11,16-20H2,1-4H3,(H,31,34). The number of hydrogen-bond donors (Lipinski definition) is 1. The summed E-state index contributed by atoms with van der Waals surface area (Å²) in [4.78, 5) is 33.7. The van der Waals surface area contributed by atoms with Crippen LogP contribution in [0, 0.1) is 6.92 Å². The van der Waals surface area contributed by atoms with E-state index in [2.05, 4.69) is 17.1 Å². The lowest BCUT2D eigenvalue weighted by Gasteiger charge is -2.27. The van der Waals surface area contributed by atoms with Gasteiger partial charge in [0.15, 0.2) is 0 Å². The van der Waals surface area contributed by atoms with Crippen molar-refractivity contribution in [2.24, 2.45) is 0 Å². The van der Waals surface area contributed by atoms with Crippen LogP contribution in [-0.4, -0.2) is 62.2 Å². The number of ether oxygens (including phenoxy) is 1. The van der Waals surface area contributed by atoms with Crippen LogP contribution in [0.3, 0.4) is 0 Å². The Morgan fingerprint density at radius 1 is 1.05 bits per heavy atom. The molecule has 1 fully saturated rings. The van der Waals surface area contributed by atoms with Gasteiger partial charge in [-0.15, -0.1) is 11.3 Å². The Hall–Kier alpha value is -3.12. The normalized spacial score (nSPS) is 14.2. The lowest BCUT2D eigenvalue weighted by molar-refractivity contribution is -0.134. The van der Waals surface area contributed by atoms with Crippen molar-refractivity contribution in [3.63, 3.8) is 0 Å². The van der Waals surface area contributed by atoms with E-state index < -0.39 is 21.5 Å². The molecule has 0 atom stereocenters. The smallest absolute Gasteiger partial charge is 0.303 e. The number of benzene rings is 2. The van der Waals surface area contributed by atoms with Crippen molar-refractivity contribution in [2.75, 3.05) is 27.7 Å². The molecule has 0 unspecified atom stereocenters. The quantitative estimate of drug-likeness (QED) is 0.327. The van der Waals surface area contributed by atoms with E-state index in [0.717, 1.165) is 41.1 Å². The summed E-state index contributed by atoms with van der Waals surface area (Å²) in [5, 5.41) is 0.587. The summed E-state index contributed by atoms with van der Waals surface area (Å²) in [5.41, 5.74) is 2.74. The summed E-state index contributed by atoms with van der Waals surface area (Å²) in [6, 6.07) is 18.2. The fourth-order valence-electron chi connectivity index (χ4n) is 4.66. The molecular weight excluding hydrogens is 548 g/mol. The molecule has 214 valence electrons. The van der Waals surface area contributed by atoms with Crippen LogP contribution in [0.15, 0.2) is 54.6 Å². The molecule has 9 nitrogen and oxygen atoms in total. The van der Waals surface area contributed by atoms with Gasteiger partial charge in [-0.1, -0.05) is 54.6 Å². The van der Waals surface area contributed by atoms with E-state index in [0.29, 0.717) is 23.0 Å². The number of carbonyl (C=O) groups is 2. The van der Waals surface area contributed by atoms with E-state index in [1.807, 2.05) is 52.1 Å². The first kappa shape index (κ1) is 29.9. The Bertz CT molecular complexity index is 1430. The van der Waals surface area contributed by atoms with Crippen LogP contribution in [0.2, 0.25) is 0 Å². The van der Waals surface area contributed by atoms with Gasteiger partial charge in [-0.2, -0.15) is 12.7 Å². The molecule has 1 saturated carbocycles. The number of aromatic nitrogens is 1. The third kappa shape index (κ3) is 6.95. The van der Waals surface area contributed by atoms with E-state index >= 15 is 0 Å². The van der Waals surface area contributed by atoms with Crippen LogP contribution < -0.4 is 4.72 Å². The number of thiazole rings is 1. The molecule has 0 saturated heterocycles. The number of aryl methyl sites for hydroxylation is 2. The van der Waals surface area contributed by atoms with Crippen molar-refractivity contribution >= 4 is 33.4 Å². The predicted octanol–water partition coefficient (Wildman–Crippen LogP) is 3.83. The molecule has 0 aliphatic heterocycles. The summed E-state index contributed by atoms with van der Waals surface area (Å²) in [5.74, 6) is -0.737. The molecule has 1 aliphatic carbocycles. The number of hydrogen-bond acceptors (Lipinski definition) is 7. The number of nitrogens with one attached hydrogen (secondary N) is 1. The Morgan fingerprint density at radius 3 is 2.33 bits per heavy atom. The molecule has 2 aromatic carbocycles. The fourth-order valence-corrected chi connectivity index (χ4v) is 6.12. The van der Waals surface area contributed by atoms with Gasteiger partial charge in [-0.3, -0.25) is 9.59 Å². The highest BCUT2D eigenvalue weighted by Crippen LogP contribution is 2.50. The number of rotatable bonds is 13. The van der Waals surface area contributed by atoms with E-state index in [1.165, 1.54) is 31.0 Å². The van der Waals surface area contributed by atoms with Crippen LogP contribution >= 0.6 is 11.3 Å². The van der Waals surface area contributed by atoms with Gasteiger partial charge < -0.3 is 9.64 Å². The number of amides is 2. The largest absolute Gasteiger partial charge is 0.380 e. The Morgan fingerprint density at radius 2 is 1.73 bits per heavy atom. The minimum Gasteiger partial charge on any atom is -0.380 e. The molecule has 40 heavy (non-hydrogen) atoms. The van der Waals surface area contributed by atoms with Gasteiger partial charge >= 0.3 is 10.2 Å². The van der Waals surface area contributed by atoms with Gasteiger partial charge in [-0.25, -0.2) is 9.71 Å². The fraction of sp³-hybridized carbons (Fsp3) is 0.414. The molecule has 0 spiro atoms. The van der Waals surface area contributed by atoms with Crippen molar-refractivity contribution in [3.05, 3.63) is 86.9 Å². The van der Waals surface area contributed by atoms with E-state index in [9.17, 15) is 18.0 Å². The van der Waals surface area contributed by atoms with Crippen molar-refractivity contribution in [3.8, 4) is 0 Å². The third-order valence-corrected chi connectivity index (χ3v) is 9.45. The minimum absolute atomic E-state index is 0.0501. The van der Waals surface area contributed by atoms with Crippen LogP contribution in [-0.2, 0) is 44.7 Å². The summed E-state index contributed by atoms with van der Waals surface area (Å²) in [6.45, 7) is 3.02. The highest BCUT2D eigenvalue weighted by atomic mass is 32.2. The molecule has 4 rings (SSSR count). The summed E-state index contributed by atoms with van der Waals surface area (Å²) < 4.78 is 32.5. The average molecular weight is 585 g/mol. The van der Waals surface area contributed by atoms with Crippen LogP contribution in [0.25, 0.3) is 0 Å². The number of carbonyl (C=O) groups excluding carboxylic acids is 2. The van der Waals surface area contributed by atoms with Gasteiger partial charge in [0.05, 0.1) is 18.6 Å². The highest BCUT2D eigenvalue weighted by molar-refractivity contribution is 7.87. The average Bonchev–Trinajstić information content (AvgIpc) is 3.65. The highest BCUT2D eigenvalue weighted by Gasteiger charge is 2.53. The van der Waals surface area contributed by atoms with Crippen molar-refractivity contribution < 1.29 is 22.7 Å². The first-order valence-electron chi connectivity index (χ1n) is 13.2. The summed E-state index contributed by atoms with van der Waals surface area (Å²) in [7, 11) is 0.386. The topological polar surface area (TPSA) is 109 Å². The van der Waals surface area contributed by atoms with E-state index in [-0.39, 0.29) is 18.1 Å². The second-order valence-electron chi connectivity index (χ2n) is 10.3. The molecule has 1 N–H and O–H groups in total. The molecule has 0 bridgehead atoms. The minimum atomic E-state index is -3.95. The molecule has 11 heteroatoms. The summed E-state index contributed by atoms with van der Waals surface area (Å²) in [6.07, 6.45) is 3.16. The van der Waals surface area contributed by atoms with Crippen molar-refractivity contribution in [2.45, 2.75) is 51.2 Å². The Kier molecular flexibility index (Phi) is 9.40. The maximum Gasteiger partial charge on any atom is 0.303 e. The van der Waals surface area contributed by atoms with Crippen LogP contribution in [0.4, 0.5) is 0 Å². The Balaban J connectivity index is 1.55. The van der Waals surface area contributed by atoms with Crippen molar-refractivity contribution in [1.82, 2.24) is 18.9 Å². The number of nitrogens with zero attached hydrogens (tertiary/aromatic N) is 3. The van der Waals surface area contributed by atoms with Crippen LogP contribution in [0.1, 0.15) is 56.3 Å². The van der Waals surface area contributed by atoms with Gasteiger partial charge in [0, 0.05) is 32.6 Å². The lowest BCUT2D eigenvalue weighted by atomic mass is 9.93. The molecular formula is C29H36N4O5S2. The Labute approximate surface area is 240 Å². The third-order valence-electron chi connectivity index (χ3n) is 7.08.